The maximum Gasteiger partial charge on any atom is 0.341 e. The smallest absolute Gasteiger partial charge is 0.341 e. The molecule has 0 radical (unpaired) electrons. The molecule has 1 aromatic heterocycles. The monoisotopic (exact) mass is 521 g/mol. The standard InChI is InChI=1S/C23H21BrClNO4S/c1-12-9-17(10-13(2)21(12)25)30-11-18(27)26-22-20(23(28)29-4)19(14(3)31-22)15-5-7-16(24)8-6-15/h5-10H,11H2,1-4H3,(H,26,27). The molecule has 0 atom stereocenters. The van der Waals surface area contributed by atoms with Crippen LogP contribution < -0.4 is 10.1 Å². The van der Waals surface area contributed by atoms with E-state index in [1.807, 2.05) is 45.0 Å². The summed E-state index contributed by atoms with van der Waals surface area (Å²) in [5.74, 6) is -0.331. The van der Waals surface area contributed by atoms with Crippen molar-refractivity contribution in [2.75, 3.05) is 19.0 Å². The molecule has 0 aliphatic rings. The molecule has 0 unspecified atom stereocenters. The SMILES string of the molecule is COC(=O)c1c(NC(=O)COc2cc(C)c(Cl)c(C)c2)sc(C)c1-c1ccc(Br)cc1. The van der Waals surface area contributed by atoms with E-state index in [9.17, 15) is 9.59 Å². The first-order valence-corrected chi connectivity index (χ1v) is 11.4. The van der Waals surface area contributed by atoms with Gasteiger partial charge in [0.15, 0.2) is 6.61 Å². The lowest BCUT2D eigenvalue weighted by molar-refractivity contribution is -0.118. The van der Waals surface area contributed by atoms with Crippen LogP contribution in [0.2, 0.25) is 5.02 Å². The van der Waals surface area contributed by atoms with Gasteiger partial charge in [-0.05, 0) is 61.7 Å². The maximum atomic E-state index is 12.6. The Bertz CT molecular complexity index is 1120. The number of aryl methyl sites for hydroxylation is 3. The number of carbonyl (C=O) groups is 2. The van der Waals surface area contributed by atoms with Crippen LogP contribution in [0.25, 0.3) is 11.1 Å². The predicted molar refractivity (Wildman–Crippen MR) is 129 cm³/mol. The molecule has 31 heavy (non-hydrogen) atoms. The number of carbonyl (C=O) groups excluding carboxylic acids is 2. The molecule has 0 bridgehead atoms. The molecule has 5 nitrogen and oxygen atoms in total. The van der Waals surface area contributed by atoms with Crippen molar-refractivity contribution in [3.05, 3.63) is 67.5 Å². The number of rotatable bonds is 6. The Kier molecular flexibility index (Phi) is 7.41. The third-order valence-electron chi connectivity index (χ3n) is 4.64. The van der Waals surface area contributed by atoms with Crippen molar-refractivity contribution >= 4 is 55.7 Å². The van der Waals surface area contributed by atoms with Crippen molar-refractivity contribution < 1.29 is 19.1 Å². The average molecular weight is 523 g/mol. The number of ether oxygens (including phenoxy) is 2. The first kappa shape index (κ1) is 23.3. The highest BCUT2D eigenvalue weighted by Crippen LogP contribution is 2.40. The van der Waals surface area contributed by atoms with Crippen LogP contribution in [-0.4, -0.2) is 25.6 Å². The second-order valence-electron chi connectivity index (χ2n) is 6.94. The number of esters is 1. The summed E-state index contributed by atoms with van der Waals surface area (Å²) in [6.45, 7) is 5.46. The van der Waals surface area contributed by atoms with Gasteiger partial charge < -0.3 is 14.8 Å². The first-order chi connectivity index (χ1) is 14.7. The lowest BCUT2D eigenvalue weighted by atomic mass is 10.0. The van der Waals surface area contributed by atoms with Gasteiger partial charge in [-0.3, -0.25) is 4.79 Å². The van der Waals surface area contributed by atoms with Crippen molar-refractivity contribution in [2.45, 2.75) is 20.8 Å². The van der Waals surface area contributed by atoms with Crippen molar-refractivity contribution in [2.24, 2.45) is 0 Å². The van der Waals surface area contributed by atoms with Crippen LogP contribution in [0.4, 0.5) is 5.00 Å². The van der Waals surface area contributed by atoms with Gasteiger partial charge in [0.1, 0.15) is 16.3 Å². The summed E-state index contributed by atoms with van der Waals surface area (Å²) in [6.07, 6.45) is 0. The lowest BCUT2D eigenvalue weighted by Gasteiger charge is -2.11. The molecule has 1 heterocycles. The normalized spacial score (nSPS) is 10.6. The van der Waals surface area contributed by atoms with Crippen molar-refractivity contribution in [3.8, 4) is 16.9 Å². The Morgan fingerprint density at radius 1 is 1.10 bits per heavy atom. The molecule has 2 aromatic carbocycles. The number of hydrogen-bond acceptors (Lipinski definition) is 5. The summed E-state index contributed by atoms with van der Waals surface area (Å²) < 4.78 is 11.6. The van der Waals surface area contributed by atoms with Gasteiger partial charge in [-0.15, -0.1) is 11.3 Å². The van der Waals surface area contributed by atoms with Crippen LogP contribution in [0.1, 0.15) is 26.4 Å². The van der Waals surface area contributed by atoms with Gasteiger partial charge >= 0.3 is 5.97 Å². The second kappa shape index (κ2) is 9.85. The molecule has 0 saturated heterocycles. The summed E-state index contributed by atoms with van der Waals surface area (Å²) in [6, 6.07) is 11.2. The third-order valence-corrected chi connectivity index (χ3v) is 6.79. The minimum Gasteiger partial charge on any atom is -0.484 e. The summed E-state index contributed by atoms with van der Waals surface area (Å²) in [5, 5.41) is 3.90. The Labute approximate surface area is 198 Å². The van der Waals surface area contributed by atoms with Crippen molar-refractivity contribution in [3.63, 3.8) is 0 Å². The van der Waals surface area contributed by atoms with E-state index in [4.69, 9.17) is 21.1 Å². The van der Waals surface area contributed by atoms with Gasteiger partial charge in [-0.25, -0.2) is 4.79 Å². The number of methoxy groups -OCH3 is 1. The van der Waals surface area contributed by atoms with E-state index in [-0.39, 0.29) is 12.5 Å². The number of anilines is 1. The summed E-state index contributed by atoms with van der Waals surface area (Å²) in [7, 11) is 1.32. The molecule has 0 aliphatic heterocycles. The molecule has 0 aliphatic carbocycles. The topological polar surface area (TPSA) is 64.6 Å². The Hall–Kier alpha value is -2.35. The molecule has 1 amide bonds. The van der Waals surface area contributed by atoms with E-state index in [0.717, 1.165) is 31.6 Å². The van der Waals surface area contributed by atoms with Crippen LogP contribution in [-0.2, 0) is 9.53 Å². The lowest BCUT2D eigenvalue weighted by Crippen LogP contribution is -2.21. The van der Waals surface area contributed by atoms with Gasteiger partial charge in [-0.1, -0.05) is 39.7 Å². The molecular weight excluding hydrogens is 502 g/mol. The number of nitrogens with one attached hydrogen (secondary N) is 1. The zero-order valence-corrected chi connectivity index (χ0v) is 20.6. The van der Waals surface area contributed by atoms with Crippen molar-refractivity contribution in [1.82, 2.24) is 0 Å². The average Bonchev–Trinajstić information content (AvgIpc) is 3.05. The minimum atomic E-state index is -0.512. The predicted octanol–water partition coefficient (Wildman–Crippen LogP) is 6.56. The number of amides is 1. The van der Waals surface area contributed by atoms with E-state index in [1.165, 1.54) is 18.4 Å². The van der Waals surface area contributed by atoms with Gasteiger partial charge in [0.25, 0.3) is 5.91 Å². The highest BCUT2D eigenvalue weighted by atomic mass is 79.9. The van der Waals surface area contributed by atoms with Crippen LogP contribution in [0.15, 0.2) is 40.9 Å². The fraction of sp³-hybridized carbons (Fsp3) is 0.217. The zero-order valence-electron chi connectivity index (χ0n) is 17.5. The van der Waals surface area contributed by atoms with Gasteiger partial charge in [0.05, 0.1) is 7.11 Å². The quantitative estimate of drug-likeness (QED) is 0.372. The molecule has 3 rings (SSSR count). The van der Waals surface area contributed by atoms with Gasteiger partial charge in [0, 0.05) is 19.9 Å². The molecule has 0 saturated carbocycles. The summed E-state index contributed by atoms with van der Waals surface area (Å²) in [4.78, 5) is 26.0. The Morgan fingerprint density at radius 2 is 1.71 bits per heavy atom. The number of halogens is 2. The maximum absolute atomic E-state index is 12.6. The van der Waals surface area contributed by atoms with E-state index in [2.05, 4.69) is 21.2 Å². The first-order valence-electron chi connectivity index (χ1n) is 9.38. The van der Waals surface area contributed by atoms with E-state index >= 15 is 0 Å². The molecule has 3 aromatic rings. The molecule has 8 heteroatoms. The van der Waals surface area contributed by atoms with Crippen molar-refractivity contribution in [1.29, 1.82) is 0 Å². The molecular formula is C23H21BrClNO4S. The number of thiophene rings is 1. The zero-order chi connectivity index (χ0) is 22.7. The molecule has 1 N–H and O–H groups in total. The molecule has 162 valence electrons. The largest absolute Gasteiger partial charge is 0.484 e. The Balaban J connectivity index is 1.84. The van der Waals surface area contributed by atoms with E-state index in [0.29, 0.717) is 21.3 Å². The van der Waals surface area contributed by atoms with E-state index < -0.39 is 5.97 Å². The minimum absolute atomic E-state index is 0.203. The Morgan fingerprint density at radius 3 is 2.29 bits per heavy atom. The van der Waals surface area contributed by atoms with Gasteiger partial charge in [-0.2, -0.15) is 0 Å². The number of benzene rings is 2. The van der Waals surface area contributed by atoms with Gasteiger partial charge in [0.2, 0.25) is 0 Å². The molecule has 0 fully saturated rings. The third kappa shape index (κ3) is 5.29. The summed E-state index contributed by atoms with van der Waals surface area (Å²) >= 11 is 10.9. The number of hydrogen-bond donors (Lipinski definition) is 1. The highest BCUT2D eigenvalue weighted by Gasteiger charge is 2.25. The van der Waals surface area contributed by atoms with Crippen LogP contribution >= 0.6 is 38.9 Å². The van der Waals surface area contributed by atoms with E-state index in [1.54, 1.807) is 12.1 Å². The van der Waals surface area contributed by atoms with Crippen LogP contribution in [0, 0.1) is 20.8 Å². The summed E-state index contributed by atoms with van der Waals surface area (Å²) in [5.41, 5.74) is 3.68. The van der Waals surface area contributed by atoms with Crippen LogP contribution in [0.3, 0.4) is 0 Å². The highest BCUT2D eigenvalue weighted by molar-refractivity contribution is 9.10. The second-order valence-corrected chi connectivity index (χ2v) is 9.46. The fourth-order valence-corrected chi connectivity index (χ4v) is 4.65. The molecule has 0 spiro atoms. The fourth-order valence-electron chi connectivity index (χ4n) is 3.19. The van der Waals surface area contributed by atoms with Crippen LogP contribution in [0.5, 0.6) is 5.75 Å².